The lowest BCUT2D eigenvalue weighted by molar-refractivity contribution is -0.143. The predicted molar refractivity (Wildman–Crippen MR) is 78.7 cm³/mol. The summed E-state index contributed by atoms with van der Waals surface area (Å²) in [4.78, 5) is 11.4. The minimum absolute atomic E-state index is 0.0102. The molecular weight excluding hydrogens is 294 g/mol. The molecule has 1 aromatic rings. The fraction of sp³-hybridized carbons (Fsp3) is 0.500. The van der Waals surface area contributed by atoms with Crippen molar-refractivity contribution in [3.05, 3.63) is 24.3 Å². The molecule has 1 N–H and O–H groups in total. The molecule has 1 rings (SSSR count). The summed E-state index contributed by atoms with van der Waals surface area (Å²) < 4.78 is 36.5. The standard InChI is InChI=1S/C14H21NO5S/c1-3-11-20-14(16)9-10-15-21(17,18)13-7-5-12(6-8-13)19-4-2/h5-8,15H,3-4,9-11H2,1-2H3. The molecule has 0 atom stereocenters. The molecule has 0 saturated carbocycles. The third-order valence-corrected chi connectivity index (χ3v) is 4.01. The molecule has 0 saturated heterocycles. The Kier molecular flexibility index (Phi) is 7.18. The van der Waals surface area contributed by atoms with Crippen molar-refractivity contribution < 1.29 is 22.7 Å². The van der Waals surface area contributed by atoms with Gasteiger partial charge in [-0.2, -0.15) is 0 Å². The van der Waals surface area contributed by atoms with Crippen LogP contribution in [-0.2, 0) is 19.6 Å². The monoisotopic (exact) mass is 315 g/mol. The highest BCUT2D eigenvalue weighted by molar-refractivity contribution is 7.89. The molecule has 0 unspecified atom stereocenters. The van der Waals surface area contributed by atoms with Crippen LogP contribution in [0.4, 0.5) is 0 Å². The quantitative estimate of drug-likeness (QED) is 0.702. The lowest BCUT2D eigenvalue weighted by Crippen LogP contribution is -2.26. The van der Waals surface area contributed by atoms with Gasteiger partial charge in [-0.15, -0.1) is 0 Å². The lowest BCUT2D eigenvalue weighted by Gasteiger charge is -2.08. The SMILES string of the molecule is CCCOC(=O)CCNS(=O)(=O)c1ccc(OCC)cc1. The maximum atomic E-state index is 12.0. The number of rotatable bonds is 9. The van der Waals surface area contributed by atoms with E-state index in [4.69, 9.17) is 9.47 Å². The van der Waals surface area contributed by atoms with Crippen LogP contribution in [-0.4, -0.2) is 34.1 Å². The average Bonchev–Trinajstić information content (AvgIpc) is 2.46. The van der Waals surface area contributed by atoms with Gasteiger partial charge in [0.25, 0.3) is 0 Å². The van der Waals surface area contributed by atoms with Crippen molar-refractivity contribution in [1.29, 1.82) is 0 Å². The summed E-state index contributed by atoms with van der Waals surface area (Å²) in [7, 11) is -3.62. The summed E-state index contributed by atoms with van der Waals surface area (Å²) >= 11 is 0. The van der Waals surface area contributed by atoms with E-state index in [1.807, 2.05) is 13.8 Å². The van der Waals surface area contributed by atoms with Gasteiger partial charge in [-0.25, -0.2) is 13.1 Å². The van der Waals surface area contributed by atoms with Gasteiger partial charge in [-0.1, -0.05) is 6.92 Å². The van der Waals surface area contributed by atoms with Gasteiger partial charge in [0, 0.05) is 6.54 Å². The van der Waals surface area contributed by atoms with Gasteiger partial charge in [0.05, 0.1) is 24.5 Å². The van der Waals surface area contributed by atoms with E-state index in [0.717, 1.165) is 6.42 Å². The van der Waals surface area contributed by atoms with E-state index < -0.39 is 16.0 Å². The summed E-state index contributed by atoms with van der Waals surface area (Å²) in [5.41, 5.74) is 0. The van der Waals surface area contributed by atoms with Crippen molar-refractivity contribution in [3.8, 4) is 5.75 Å². The third kappa shape index (κ3) is 6.14. The molecule has 0 heterocycles. The van der Waals surface area contributed by atoms with Crippen LogP contribution in [0.1, 0.15) is 26.7 Å². The predicted octanol–water partition coefficient (Wildman–Crippen LogP) is 1.71. The molecule has 0 aliphatic heterocycles. The van der Waals surface area contributed by atoms with E-state index in [0.29, 0.717) is 19.0 Å². The smallest absolute Gasteiger partial charge is 0.307 e. The second kappa shape index (κ2) is 8.63. The van der Waals surface area contributed by atoms with E-state index in [9.17, 15) is 13.2 Å². The van der Waals surface area contributed by atoms with Crippen LogP contribution in [0, 0.1) is 0 Å². The van der Waals surface area contributed by atoms with Crippen LogP contribution in [0.25, 0.3) is 0 Å². The molecule has 0 spiro atoms. The molecule has 0 aliphatic carbocycles. The van der Waals surface area contributed by atoms with E-state index in [1.54, 1.807) is 12.1 Å². The third-order valence-electron chi connectivity index (χ3n) is 2.53. The molecule has 0 amide bonds. The van der Waals surface area contributed by atoms with Crippen molar-refractivity contribution in [3.63, 3.8) is 0 Å². The van der Waals surface area contributed by atoms with Gasteiger partial charge >= 0.3 is 5.97 Å². The Morgan fingerprint density at radius 1 is 1.19 bits per heavy atom. The van der Waals surface area contributed by atoms with Crippen LogP contribution in [0.15, 0.2) is 29.2 Å². The molecule has 1 aromatic carbocycles. The first-order valence-electron chi connectivity index (χ1n) is 6.87. The normalized spacial score (nSPS) is 11.1. The maximum absolute atomic E-state index is 12.0. The molecule has 0 aromatic heterocycles. The van der Waals surface area contributed by atoms with Crippen molar-refractivity contribution >= 4 is 16.0 Å². The van der Waals surface area contributed by atoms with Gasteiger partial charge in [-0.3, -0.25) is 4.79 Å². The first-order valence-corrected chi connectivity index (χ1v) is 8.36. The van der Waals surface area contributed by atoms with Crippen LogP contribution in [0.2, 0.25) is 0 Å². The van der Waals surface area contributed by atoms with E-state index in [1.165, 1.54) is 12.1 Å². The molecular formula is C14H21NO5S. The zero-order valence-electron chi connectivity index (χ0n) is 12.3. The van der Waals surface area contributed by atoms with Crippen LogP contribution in [0.3, 0.4) is 0 Å². The summed E-state index contributed by atoms with van der Waals surface area (Å²) in [5, 5.41) is 0. The minimum Gasteiger partial charge on any atom is -0.494 e. The number of esters is 1. The number of carbonyl (C=O) groups is 1. The Morgan fingerprint density at radius 3 is 2.43 bits per heavy atom. The fourth-order valence-electron chi connectivity index (χ4n) is 1.54. The molecule has 7 heteroatoms. The molecule has 118 valence electrons. The van der Waals surface area contributed by atoms with Gasteiger partial charge in [0.15, 0.2) is 0 Å². The minimum atomic E-state index is -3.62. The summed E-state index contributed by atoms with van der Waals surface area (Å²) in [6.07, 6.45) is 0.750. The zero-order valence-corrected chi connectivity index (χ0v) is 13.1. The Labute approximate surface area is 125 Å². The second-order valence-corrected chi connectivity index (χ2v) is 6.04. The highest BCUT2D eigenvalue weighted by Crippen LogP contribution is 2.15. The molecule has 21 heavy (non-hydrogen) atoms. The van der Waals surface area contributed by atoms with Crippen molar-refractivity contribution in [2.45, 2.75) is 31.6 Å². The van der Waals surface area contributed by atoms with Gasteiger partial charge in [-0.05, 0) is 37.6 Å². The highest BCUT2D eigenvalue weighted by Gasteiger charge is 2.14. The number of hydrogen-bond donors (Lipinski definition) is 1. The fourth-order valence-corrected chi connectivity index (χ4v) is 2.57. The zero-order chi connectivity index (χ0) is 15.7. The second-order valence-electron chi connectivity index (χ2n) is 4.27. The summed E-state index contributed by atoms with van der Waals surface area (Å²) in [5.74, 6) is 0.200. The average molecular weight is 315 g/mol. The Hall–Kier alpha value is -1.60. The van der Waals surface area contributed by atoms with E-state index in [2.05, 4.69) is 4.72 Å². The number of hydrogen-bond acceptors (Lipinski definition) is 5. The van der Waals surface area contributed by atoms with Crippen molar-refractivity contribution in [2.75, 3.05) is 19.8 Å². The van der Waals surface area contributed by atoms with Gasteiger partial charge in [0.1, 0.15) is 5.75 Å². The number of sulfonamides is 1. The molecule has 6 nitrogen and oxygen atoms in total. The number of benzene rings is 1. The molecule has 0 radical (unpaired) electrons. The maximum Gasteiger partial charge on any atom is 0.307 e. The van der Waals surface area contributed by atoms with Gasteiger partial charge < -0.3 is 9.47 Å². The van der Waals surface area contributed by atoms with Crippen LogP contribution < -0.4 is 9.46 Å². The first-order chi connectivity index (χ1) is 9.99. The molecule has 0 aliphatic rings. The largest absolute Gasteiger partial charge is 0.494 e. The summed E-state index contributed by atoms with van der Waals surface area (Å²) in [6.45, 7) is 4.62. The highest BCUT2D eigenvalue weighted by atomic mass is 32.2. The topological polar surface area (TPSA) is 81.7 Å². The lowest BCUT2D eigenvalue weighted by atomic mass is 10.3. The Bertz CT molecular complexity index is 539. The number of carbonyl (C=O) groups excluding carboxylic acids is 1. The number of ether oxygens (including phenoxy) is 2. The molecule has 0 fully saturated rings. The van der Waals surface area contributed by atoms with Crippen molar-refractivity contribution in [1.82, 2.24) is 4.72 Å². The number of nitrogens with one attached hydrogen (secondary N) is 1. The Morgan fingerprint density at radius 2 is 1.86 bits per heavy atom. The first kappa shape index (κ1) is 17.5. The summed E-state index contributed by atoms with van der Waals surface area (Å²) in [6, 6.07) is 6.10. The van der Waals surface area contributed by atoms with E-state index in [-0.39, 0.29) is 17.9 Å². The Balaban J connectivity index is 2.51. The van der Waals surface area contributed by atoms with Crippen LogP contribution >= 0.6 is 0 Å². The van der Waals surface area contributed by atoms with E-state index >= 15 is 0 Å². The van der Waals surface area contributed by atoms with Crippen LogP contribution in [0.5, 0.6) is 5.75 Å². The molecule has 0 bridgehead atoms. The van der Waals surface area contributed by atoms with Crippen molar-refractivity contribution in [2.24, 2.45) is 0 Å². The van der Waals surface area contributed by atoms with Gasteiger partial charge in [0.2, 0.25) is 10.0 Å².